The molecule has 0 bridgehead atoms. The van der Waals surface area contributed by atoms with Crippen molar-refractivity contribution in [3.63, 3.8) is 0 Å². The lowest BCUT2D eigenvalue weighted by molar-refractivity contribution is -0.142. The fraction of sp³-hybridized carbons (Fsp3) is 0.591. The number of nitrogens with zero attached hydrogens (tertiary/aromatic N) is 2. The van der Waals surface area contributed by atoms with Crippen LogP contribution >= 0.6 is 25.3 Å². The van der Waals surface area contributed by atoms with Crippen LogP contribution in [0.3, 0.4) is 0 Å². The molecule has 0 unspecified atom stereocenters. The molecule has 1 aromatic rings. The summed E-state index contributed by atoms with van der Waals surface area (Å²) in [7, 11) is 0. The standard InChI is InChI=1S/C44H68N14O11S2/c45-32(59)14-13-27(52-38(65)28(21-25-9-3-1-4-10-25)56-42(69)44(16-5-2-6-17-44)57-35(62)15-20-70)37(64)54-29(22-33(46)60)39(66)55-30(24-71)41(68)58-19-8-12-31(58)40(67)53-26(11-7-18-50-43(48)49)36(63)51-23-34(47)61/h1,3-4,9-10,26-31,70-71H,2,5-8,11-24H2,(H2,45,59)(H2,46,60)(H2,47,61)(H,51,63)(H,52,65)(H,53,67)(H,54,64)(H,55,66)(H,56,69)(H,57,62)(H4,48,49,50)/t26-,27+,28+,29+,30+,31+/m1/s1. The fourth-order valence-corrected chi connectivity index (χ4v) is 8.61. The molecule has 11 amide bonds. The molecule has 0 aromatic heterocycles. The van der Waals surface area contributed by atoms with E-state index in [1.54, 1.807) is 30.3 Å². The first kappa shape index (κ1) is 58.7. The van der Waals surface area contributed by atoms with Gasteiger partial charge in [0.2, 0.25) is 65.0 Å². The Morgan fingerprint density at radius 3 is 1.90 bits per heavy atom. The largest absolute Gasteiger partial charge is 0.370 e. The molecular weight excluding hydrogens is 965 g/mol. The number of carbonyl (C=O) groups is 11. The van der Waals surface area contributed by atoms with Crippen LogP contribution in [0, 0.1) is 0 Å². The van der Waals surface area contributed by atoms with E-state index in [-0.39, 0.29) is 62.7 Å². The molecule has 25 nitrogen and oxygen atoms in total. The lowest BCUT2D eigenvalue weighted by Crippen LogP contribution is -2.64. The van der Waals surface area contributed by atoms with E-state index in [0.29, 0.717) is 37.7 Å². The third-order valence-electron chi connectivity index (χ3n) is 11.8. The normalized spacial score (nSPS) is 17.0. The van der Waals surface area contributed by atoms with Crippen LogP contribution in [0.2, 0.25) is 0 Å². The van der Waals surface area contributed by atoms with Gasteiger partial charge in [0.1, 0.15) is 41.8 Å². The molecule has 0 radical (unpaired) electrons. The minimum absolute atomic E-state index is 0.0344. The average Bonchev–Trinajstić information content (AvgIpc) is 3.82. The maximum Gasteiger partial charge on any atom is 0.246 e. The molecule has 1 aromatic carbocycles. The Labute approximate surface area is 422 Å². The highest BCUT2D eigenvalue weighted by atomic mass is 32.1. The van der Waals surface area contributed by atoms with Crippen LogP contribution in [0.25, 0.3) is 0 Å². The summed E-state index contributed by atoms with van der Waals surface area (Å²) < 4.78 is 0. The summed E-state index contributed by atoms with van der Waals surface area (Å²) in [4.78, 5) is 150. The number of hydrogen-bond acceptors (Lipinski definition) is 14. The molecule has 392 valence electrons. The van der Waals surface area contributed by atoms with E-state index in [9.17, 15) is 52.7 Å². The summed E-state index contributed by atoms with van der Waals surface area (Å²) in [6.45, 7) is -0.336. The first-order valence-electron chi connectivity index (χ1n) is 23.3. The highest BCUT2D eigenvalue weighted by Crippen LogP contribution is 2.29. The Morgan fingerprint density at radius 2 is 1.30 bits per heavy atom. The first-order valence-corrected chi connectivity index (χ1v) is 24.5. The number of nitrogens with two attached hydrogens (primary N) is 5. The van der Waals surface area contributed by atoms with Gasteiger partial charge in [0.05, 0.1) is 13.0 Å². The minimum Gasteiger partial charge on any atom is -0.370 e. The van der Waals surface area contributed by atoms with E-state index in [1.807, 2.05) is 0 Å². The number of thiol groups is 2. The Bertz CT molecular complexity index is 2110. The number of rotatable bonds is 29. The predicted octanol–water partition coefficient (Wildman–Crippen LogP) is -4.49. The Morgan fingerprint density at radius 1 is 0.676 bits per heavy atom. The predicted molar refractivity (Wildman–Crippen MR) is 265 cm³/mol. The number of primary amides is 3. The maximum absolute atomic E-state index is 14.2. The highest BCUT2D eigenvalue weighted by molar-refractivity contribution is 7.80. The van der Waals surface area contributed by atoms with Crippen LogP contribution in [0.4, 0.5) is 0 Å². The van der Waals surface area contributed by atoms with Crippen LogP contribution < -0.4 is 65.9 Å². The number of carbonyl (C=O) groups excluding carboxylic acids is 11. The van der Waals surface area contributed by atoms with E-state index in [1.165, 1.54) is 4.90 Å². The summed E-state index contributed by atoms with van der Waals surface area (Å²) in [6, 6.07) is 0.203. The van der Waals surface area contributed by atoms with Gasteiger partial charge in [0, 0.05) is 38.1 Å². The van der Waals surface area contributed by atoms with Crippen molar-refractivity contribution in [2.24, 2.45) is 33.7 Å². The zero-order valence-corrected chi connectivity index (χ0v) is 41.2. The van der Waals surface area contributed by atoms with Crippen LogP contribution in [-0.2, 0) is 59.2 Å². The second-order valence-electron chi connectivity index (χ2n) is 17.3. The summed E-state index contributed by atoms with van der Waals surface area (Å²) in [5.74, 6) is -9.25. The van der Waals surface area contributed by atoms with E-state index in [2.05, 4.69) is 67.5 Å². The van der Waals surface area contributed by atoms with Gasteiger partial charge in [0.25, 0.3) is 0 Å². The molecule has 27 heteroatoms. The van der Waals surface area contributed by atoms with Crippen molar-refractivity contribution in [2.75, 3.05) is 31.1 Å². The number of guanidine groups is 1. The van der Waals surface area contributed by atoms with Gasteiger partial charge in [-0.1, -0.05) is 49.6 Å². The molecule has 1 saturated heterocycles. The van der Waals surface area contributed by atoms with Gasteiger partial charge < -0.3 is 70.8 Å². The molecule has 0 spiro atoms. The number of benzene rings is 1. The molecule has 1 heterocycles. The molecular formula is C44H68N14O11S2. The van der Waals surface area contributed by atoms with E-state index < -0.39 is 133 Å². The molecule has 1 aliphatic heterocycles. The quantitative estimate of drug-likeness (QED) is 0.0156. The molecule has 1 saturated carbocycles. The lowest BCUT2D eigenvalue weighted by atomic mass is 9.80. The zero-order valence-electron chi connectivity index (χ0n) is 39.5. The second kappa shape index (κ2) is 29.5. The van der Waals surface area contributed by atoms with E-state index >= 15 is 0 Å². The minimum atomic E-state index is -1.76. The Kier molecular flexibility index (Phi) is 24.4. The van der Waals surface area contributed by atoms with Gasteiger partial charge >= 0.3 is 0 Å². The van der Waals surface area contributed by atoms with Crippen LogP contribution in [-0.4, -0.2) is 149 Å². The summed E-state index contributed by atoms with van der Waals surface area (Å²) >= 11 is 8.38. The van der Waals surface area contributed by atoms with Gasteiger partial charge in [0.15, 0.2) is 5.96 Å². The van der Waals surface area contributed by atoms with Crippen LogP contribution in [0.1, 0.15) is 89.0 Å². The second-order valence-corrected chi connectivity index (χ2v) is 18.1. The van der Waals surface area contributed by atoms with Gasteiger partial charge in [-0.3, -0.25) is 57.7 Å². The van der Waals surface area contributed by atoms with Crippen LogP contribution in [0.15, 0.2) is 35.3 Å². The van der Waals surface area contributed by atoms with Crippen molar-refractivity contribution in [3.05, 3.63) is 35.9 Å². The molecule has 1 aliphatic carbocycles. The van der Waals surface area contributed by atoms with Crippen molar-refractivity contribution < 1.29 is 52.7 Å². The lowest BCUT2D eigenvalue weighted by Gasteiger charge is -2.37. The van der Waals surface area contributed by atoms with Gasteiger partial charge in [-0.05, 0) is 56.3 Å². The third kappa shape index (κ3) is 19.6. The topological polar surface area (TPSA) is 418 Å². The van der Waals surface area contributed by atoms with Crippen molar-refractivity contribution in [2.45, 2.75) is 132 Å². The number of aliphatic imine (C=N–C) groups is 1. The van der Waals surface area contributed by atoms with Gasteiger partial charge in [-0.25, -0.2) is 0 Å². The average molecular weight is 1030 g/mol. The number of nitrogens with one attached hydrogen (secondary N) is 7. The van der Waals surface area contributed by atoms with E-state index in [4.69, 9.17) is 28.7 Å². The van der Waals surface area contributed by atoms with Crippen molar-refractivity contribution in [3.8, 4) is 0 Å². The molecule has 2 fully saturated rings. The smallest absolute Gasteiger partial charge is 0.246 e. The summed E-state index contributed by atoms with van der Waals surface area (Å²) in [6.07, 6.45) is 1.85. The van der Waals surface area contributed by atoms with Gasteiger partial charge in [-0.15, -0.1) is 0 Å². The summed E-state index contributed by atoms with van der Waals surface area (Å²) in [5, 5.41) is 17.9. The fourth-order valence-electron chi connectivity index (χ4n) is 8.16. The van der Waals surface area contributed by atoms with Crippen molar-refractivity contribution in [1.29, 1.82) is 0 Å². The molecule has 17 N–H and O–H groups in total. The number of amides is 11. The molecule has 3 rings (SSSR count). The van der Waals surface area contributed by atoms with Crippen LogP contribution in [0.5, 0.6) is 0 Å². The number of hydrogen-bond donors (Lipinski definition) is 14. The highest BCUT2D eigenvalue weighted by Gasteiger charge is 2.43. The first-order chi connectivity index (χ1) is 33.7. The molecule has 6 atom stereocenters. The Hall–Kier alpha value is -6.64. The molecule has 2 aliphatic rings. The SMILES string of the molecule is NC(=O)CC[C@H](NC(=O)[C@H](Cc1ccccc1)NC(=O)C1(NC(=O)CCS)CCCCC1)C(=O)N[C@@H](CC(N)=O)C(=O)N[C@@H](CS)C(=O)N1CCC[C@H]1C(=O)N[C@H](CCCN=C(N)N)C(=O)NCC(N)=O. The monoisotopic (exact) mass is 1030 g/mol. The van der Waals surface area contributed by atoms with Crippen molar-refractivity contribution >= 4 is 96.2 Å². The third-order valence-corrected chi connectivity index (χ3v) is 12.4. The van der Waals surface area contributed by atoms with E-state index in [0.717, 1.165) is 6.42 Å². The zero-order chi connectivity index (χ0) is 52.7. The number of likely N-dealkylation sites (tertiary alicyclic amines) is 1. The summed E-state index contributed by atoms with van der Waals surface area (Å²) in [5.41, 5.74) is 26.1. The van der Waals surface area contributed by atoms with Gasteiger partial charge in [-0.2, -0.15) is 25.3 Å². The maximum atomic E-state index is 14.2. The molecule has 71 heavy (non-hydrogen) atoms. The van der Waals surface area contributed by atoms with Crippen molar-refractivity contribution in [1.82, 2.24) is 42.1 Å². The Balaban J connectivity index is 1.83.